The van der Waals surface area contributed by atoms with Crippen LogP contribution in [0.2, 0.25) is 0 Å². The first-order valence-corrected chi connectivity index (χ1v) is 16.6. The first kappa shape index (κ1) is 26.5. The Morgan fingerprint density at radius 1 is 0.319 bits per heavy atom. The summed E-state index contributed by atoms with van der Waals surface area (Å²) in [5.41, 5.74) is 10.6. The van der Waals surface area contributed by atoms with Crippen molar-refractivity contribution in [1.29, 1.82) is 0 Å². The van der Waals surface area contributed by atoms with Gasteiger partial charge in [0.2, 0.25) is 0 Å². The topological polar surface area (TPSA) is 0 Å². The third-order valence-corrected chi connectivity index (χ3v) is 10.8. The first-order chi connectivity index (χ1) is 23.1. The molecule has 9 aromatic carbocycles. The summed E-state index contributed by atoms with van der Waals surface area (Å²) in [5.74, 6) is 0. The number of rotatable bonds is 2. The molecule has 0 spiro atoms. The molecular formula is C47H32. The molecule has 47 heavy (non-hydrogen) atoms. The predicted molar refractivity (Wildman–Crippen MR) is 202 cm³/mol. The molecule has 0 unspecified atom stereocenters. The van der Waals surface area contributed by atoms with E-state index in [1.807, 2.05) is 0 Å². The van der Waals surface area contributed by atoms with Crippen LogP contribution in [-0.2, 0) is 5.41 Å². The molecule has 0 heterocycles. The van der Waals surface area contributed by atoms with Crippen LogP contribution < -0.4 is 0 Å². The average Bonchev–Trinajstić information content (AvgIpc) is 3.37. The normalized spacial score (nSPS) is 13.5. The molecule has 220 valence electrons. The van der Waals surface area contributed by atoms with Gasteiger partial charge in [0, 0.05) is 5.41 Å². The number of benzene rings is 9. The van der Waals surface area contributed by atoms with Gasteiger partial charge in [0.1, 0.15) is 0 Å². The minimum atomic E-state index is -0.117. The Morgan fingerprint density at radius 2 is 0.894 bits per heavy atom. The van der Waals surface area contributed by atoms with Gasteiger partial charge in [-0.1, -0.05) is 153 Å². The first-order valence-electron chi connectivity index (χ1n) is 16.6. The lowest BCUT2D eigenvalue weighted by atomic mass is 9.78. The standard InChI is InChI=1S/C47H32/c1-47(2)42-25-23-29-12-3-6-17-35(29)44(42)45-39-21-10-9-20-38(39)41-28-31(22-24-40(41)46(45)47)30-15-11-16-34(26-30)43-36-18-7-4-13-32(36)27-33-14-5-8-19-37(33)43/h3-28H,1-2H3. The molecule has 0 nitrogen and oxygen atoms in total. The van der Waals surface area contributed by atoms with E-state index in [0.717, 1.165) is 0 Å². The summed E-state index contributed by atoms with van der Waals surface area (Å²) in [5, 5.41) is 13.1. The van der Waals surface area contributed by atoms with E-state index in [4.69, 9.17) is 0 Å². The summed E-state index contributed by atoms with van der Waals surface area (Å²) < 4.78 is 0. The quantitative estimate of drug-likeness (QED) is 0.138. The van der Waals surface area contributed by atoms with Crippen molar-refractivity contribution in [3.8, 4) is 33.4 Å². The van der Waals surface area contributed by atoms with E-state index in [1.54, 1.807) is 0 Å². The Bertz CT molecular complexity index is 2700. The van der Waals surface area contributed by atoms with Crippen molar-refractivity contribution in [2.45, 2.75) is 19.3 Å². The van der Waals surface area contributed by atoms with Crippen LogP contribution in [0.3, 0.4) is 0 Å². The number of hydrogen-bond donors (Lipinski definition) is 0. The van der Waals surface area contributed by atoms with Gasteiger partial charge in [-0.15, -0.1) is 0 Å². The van der Waals surface area contributed by atoms with Gasteiger partial charge in [0.25, 0.3) is 0 Å². The zero-order chi connectivity index (χ0) is 31.3. The van der Waals surface area contributed by atoms with Crippen molar-refractivity contribution >= 4 is 53.9 Å². The molecule has 0 aliphatic heterocycles. The van der Waals surface area contributed by atoms with Crippen LogP contribution in [0.5, 0.6) is 0 Å². The molecule has 1 aliphatic rings. The molecule has 0 fully saturated rings. The lowest BCUT2D eigenvalue weighted by Crippen LogP contribution is -2.15. The molecule has 0 radical (unpaired) electrons. The van der Waals surface area contributed by atoms with E-state index in [-0.39, 0.29) is 5.41 Å². The Morgan fingerprint density at radius 3 is 1.62 bits per heavy atom. The molecule has 0 amide bonds. The highest BCUT2D eigenvalue weighted by Gasteiger charge is 2.39. The Labute approximate surface area is 274 Å². The average molecular weight is 597 g/mol. The smallest absolute Gasteiger partial charge is 0.0165 e. The molecule has 0 heteroatoms. The van der Waals surface area contributed by atoms with Crippen LogP contribution in [0, 0.1) is 0 Å². The molecule has 0 aromatic heterocycles. The molecule has 0 saturated heterocycles. The third-order valence-electron chi connectivity index (χ3n) is 10.8. The van der Waals surface area contributed by atoms with Gasteiger partial charge in [-0.2, -0.15) is 0 Å². The highest BCUT2D eigenvalue weighted by Crippen LogP contribution is 2.56. The summed E-state index contributed by atoms with van der Waals surface area (Å²) in [6, 6.07) is 58.8. The SMILES string of the molecule is CC1(C)c2ccc3ccccc3c2-c2c1c1ccc(-c3cccc(-c4c5ccccc5cc5ccccc45)c3)cc1c1ccccc21. The van der Waals surface area contributed by atoms with Crippen molar-refractivity contribution < 1.29 is 0 Å². The second-order valence-electron chi connectivity index (χ2n) is 13.7. The maximum atomic E-state index is 2.44. The van der Waals surface area contributed by atoms with Gasteiger partial charge in [-0.25, -0.2) is 0 Å². The fourth-order valence-corrected chi connectivity index (χ4v) is 8.65. The second kappa shape index (κ2) is 9.64. The lowest BCUT2D eigenvalue weighted by Gasteiger charge is -2.24. The molecule has 0 atom stereocenters. The van der Waals surface area contributed by atoms with Crippen molar-refractivity contribution in [3.05, 3.63) is 169 Å². The van der Waals surface area contributed by atoms with Gasteiger partial charge >= 0.3 is 0 Å². The molecule has 0 bridgehead atoms. The molecule has 0 saturated carbocycles. The Balaban J connectivity index is 1.23. The third kappa shape index (κ3) is 3.70. The van der Waals surface area contributed by atoms with Crippen LogP contribution in [-0.4, -0.2) is 0 Å². The molecule has 0 N–H and O–H groups in total. The predicted octanol–water partition coefficient (Wildman–Crippen LogP) is 13.1. The van der Waals surface area contributed by atoms with Gasteiger partial charge in [-0.3, -0.25) is 0 Å². The van der Waals surface area contributed by atoms with Crippen LogP contribution in [0.25, 0.3) is 87.2 Å². The van der Waals surface area contributed by atoms with E-state index in [2.05, 4.69) is 172 Å². The van der Waals surface area contributed by atoms with E-state index in [0.29, 0.717) is 0 Å². The summed E-state index contributed by atoms with van der Waals surface area (Å²) in [4.78, 5) is 0. The van der Waals surface area contributed by atoms with Crippen LogP contribution >= 0.6 is 0 Å². The minimum absolute atomic E-state index is 0.117. The van der Waals surface area contributed by atoms with E-state index in [1.165, 1.54) is 98.4 Å². The number of fused-ring (bicyclic) bond motifs is 12. The maximum Gasteiger partial charge on any atom is 0.0165 e. The second-order valence-corrected chi connectivity index (χ2v) is 13.7. The van der Waals surface area contributed by atoms with Gasteiger partial charge in [0.05, 0.1) is 0 Å². The number of hydrogen-bond acceptors (Lipinski definition) is 0. The fraction of sp³-hybridized carbons (Fsp3) is 0.0638. The monoisotopic (exact) mass is 596 g/mol. The fourth-order valence-electron chi connectivity index (χ4n) is 8.65. The van der Waals surface area contributed by atoms with Crippen LogP contribution in [0.15, 0.2) is 158 Å². The van der Waals surface area contributed by atoms with Gasteiger partial charge in [0.15, 0.2) is 0 Å². The van der Waals surface area contributed by atoms with Crippen molar-refractivity contribution in [1.82, 2.24) is 0 Å². The molecule has 10 rings (SSSR count). The molecule has 9 aromatic rings. The Kier molecular flexibility index (Phi) is 5.44. The zero-order valence-corrected chi connectivity index (χ0v) is 26.5. The summed E-state index contributed by atoms with van der Waals surface area (Å²) in [6.45, 7) is 4.82. The van der Waals surface area contributed by atoms with Crippen LogP contribution in [0.4, 0.5) is 0 Å². The van der Waals surface area contributed by atoms with Crippen molar-refractivity contribution in [2.24, 2.45) is 0 Å². The highest BCUT2D eigenvalue weighted by molar-refractivity contribution is 6.22. The van der Waals surface area contributed by atoms with Crippen LogP contribution in [0.1, 0.15) is 25.0 Å². The maximum absolute atomic E-state index is 2.44. The summed E-state index contributed by atoms with van der Waals surface area (Å²) in [7, 11) is 0. The summed E-state index contributed by atoms with van der Waals surface area (Å²) >= 11 is 0. The Hall–Kier alpha value is -5.72. The van der Waals surface area contributed by atoms with E-state index < -0.39 is 0 Å². The molecular weight excluding hydrogens is 565 g/mol. The van der Waals surface area contributed by atoms with E-state index >= 15 is 0 Å². The van der Waals surface area contributed by atoms with E-state index in [9.17, 15) is 0 Å². The van der Waals surface area contributed by atoms with Crippen molar-refractivity contribution in [2.75, 3.05) is 0 Å². The van der Waals surface area contributed by atoms with Gasteiger partial charge in [-0.05, 0) is 117 Å². The summed E-state index contributed by atoms with van der Waals surface area (Å²) in [6.07, 6.45) is 0. The lowest BCUT2D eigenvalue weighted by molar-refractivity contribution is 0.667. The molecule has 1 aliphatic carbocycles. The highest BCUT2D eigenvalue weighted by atomic mass is 14.4. The zero-order valence-electron chi connectivity index (χ0n) is 26.5. The largest absolute Gasteiger partial charge is 0.0616 e. The van der Waals surface area contributed by atoms with Crippen molar-refractivity contribution in [3.63, 3.8) is 0 Å². The minimum Gasteiger partial charge on any atom is -0.0616 e. The van der Waals surface area contributed by atoms with Gasteiger partial charge < -0.3 is 0 Å².